The molecule has 3 aromatic carbocycles. The maximum absolute atomic E-state index is 13.2. The van der Waals surface area contributed by atoms with Gasteiger partial charge in [0.15, 0.2) is 0 Å². The molecule has 3 nitrogen and oxygen atoms in total. The van der Waals surface area contributed by atoms with Gasteiger partial charge in [0.05, 0.1) is 18.3 Å². The maximum atomic E-state index is 13.2. The Morgan fingerprint density at radius 3 is 2.53 bits per heavy atom. The normalized spacial score (nSPS) is 11.9. The fourth-order valence-electron chi connectivity index (χ4n) is 4.12. The Hall–Kier alpha value is -3.16. The largest absolute Gasteiger partial charge is 0.416 e. The van der Waals surface area contributed by atoms with E-state index >= 15 is 0 Å². The SMILES string of the molecule is Cc1c(Cc2cccc(C(F)(F)F)c2)sc2c(-c3cccc(C(=O)NCCOC(C)C)c3)cccc12. The zero-order valence-corrected chi connectivity index (χ0v) is 21.2. The molecule has 1 aromatic heterocycles. The third-order valence-electron chi connectivity index (χ3n) is 5.96. The number of halogens is 3. The van der Waals surface area contributed by atoms with Crippen molar-refractivity contribution >= 4 is 27.3 Å². The molecule has 0 aliphatic heterocycles. The van der Waals surface area contributed by atoms with Crippen LogP contribution >= 0.6 is 11.3 Å². The Bertz CT molecular complexity index is 1370. The molecule has 188 valence electrons. The Kier molecular flexibility index (Phi) is 7.81. The summed E-state index contributed by atoms with van der Waals surface area (Å²) in [6, 6.07) is 19.0. The summed E-state index contributed by atoms with van der Waals surface area (Å²) in [5.41, 5.74) is 3.53. The number of fused-ring (bicyclic) bond motifs is 1. The Morgan fingerprint density at radius 1 is 1.03 bits per heavy atom. The summed E-state index contributed by atoms with van der Waals surface area (Å²) in [5, 5.41) is 3.95. The number of rotatable bonds is 8. The first-order valence-electron chi connectivity index (χ1n) is 11.8. The van der Waals surface area contributed by atoms with Gasteiger partial charge in [0.25, 0.3) is 5.91 Å². The number of carbonyl (C=O) groups is 1. The first kappa shape index (κ1) is 25.9. The molecule has 0 saturated carbocycles. The Balaban J connectivity index is 1.61. The van der Waals surface area contributed by atoms with Gasteiger partial charge in [-0.1, -0.05) is 48.5 Å². The van der Waals surface area contributed by atoms with Gasteiger partial charge >= 0.3 is 6.18 Å². The molecule has 0 aliphatic carbocycles. The minimum absolute atomic E-state index is 0.110. The van der Waals surface area contributed by atoms with Gasteiger partial charge in [-0.3, -0.25) is 4.79 Å². The molecule has 1 N–H and O–H groups in total. The molecule has 0 aliphatic rings. The van der Waals surface area contributed by atoms with Crippen LogP contribution in [0.5, 0.6) is 0 Å². The van der Waals surface area contributed by atoms with E-state index < -0.39 is 11.7 Å². The van der Waals surface area contributed by atoms with Gasteiger partial charge in [0.1, 0.15) is 0 Å². The highest BCUT2D eigenvalue weighted by atomic mass is 32.1. The second-order valence-corrected chi connectivity index (χ2v) is 10.1. The average Bonchev–Trinajstić information content (AvgIpc) is 3.16. The maximum Gasteiger partial charge on any atom is 0.416 e. The highest BCUT2D eigenvalue weighted by Gasteiger charge is 2.30. The second-order valence-electron chi connectivity index (χ2n) is 8.96. The Morgan fingerprint density at radius 2 is 1.78 bits per heavy atom. The third kappa shape index (κ3) is 5.97. The van der Waals surface area contributed by atoms with Gasteiger partial charge < -0.3 is 10.1 Å². The standard InChI is InChI=1S/C29H28F3NO2S/c1-18(2)35-14-13-33-28(34)22-9-5-8-21(17-22)25-12-6-11-24-19(3)26(36-27(24)25)16-20-7-4-10-23(15-20)29(30,31)32/h4-12,15,17-18H,13-14,16H2,1-3H3,(H,33,34). The molecule has 0 atom stereocenters. The van der Waals surface area contributed by atoms with Gasteiger partial charge in [0.2, 0.25) is 0 Å². The number of benzene rings is 3. The van der Waals surface area contributed by atoms with Gasteiger partial charge in [0, 0.05) is 28.1 Å². The quantitative estimate of drug-likeness (QED) is 0.247. The van der Waals surface area contributed by atoms with Crippen LogP contribution in [-0.2, 0) is 17.3 Å². The second kappa shape index (κ2) is 10.8. The highest BCUT2D eigenvalue weighted by molar-refractivity contribution is 7.19. The van der Waals surface area contributed by atoms with E-state index in [1.54, 1.807) is 23.5 Å². The summed E-state index contributed by atoms with van der Waals surface area (Å²) < 4.78 is 46.0. The minimum atomic E-state index is -4.36. The zero-order chi connectivity index (χ0) is 25.9. The number of alkyl halides is 3. The van der Waals surface area contributed by atoms with Crippen molar-refractivity contribution in [2.24, 2.45) is 0 Å². The fourth-order valence-corrected chi connectivity index (χ4v) is 5.50. The molecule has 4 rings (SSSR count). The number of aryl methyl sites for hydroxylation is 1. The van der Waals surface area contributed by atoms with E-state index in [0.29, 0.717) is 30.7 Å². The number of nitrogens with one attached hydrogen (secondary N) is 1. The molecule has 0 radical (unpaired) electrons. The van der Waals surface area contributed by atoms with Crippen molar-refractivity contribution in [1.29, 1.82) is 0 Å². The molecule has 1 heterocycles. The van der Waals surface area contributed by atoms with Crippen LogP contribution in [0.25, 0.3) is 21.2 Å². The summed E-state index contributed by atoms with van der Waals surface area (Å²) in [4.78, 5) is 13.7. The van der Waals surface area contributed by atoms with Crippen molar-refractivity contribution in [2.45, 2.75) is 39.5 Å². The first-order valence-corrected chi connectivity index (χ1v) is 12.6. The van der Waals surface area contributed by atoms with Crippen molar-refractivity contribution in [3.63, 3.8) is 0 Å². The number of hydrogen-bond acceptors (Lipinski definition) is 3. The molecule has 1 amide bonds. The van der Waals surface area contributed by atoms with Crippen LogP contribution in [0.15, 0.2) is 66.7 Å². The highest BCUT2D eigenvalue weighted by Crippen LogP contribution is 2.39. The lowest BCUT2D eigenvalue weighted by Crippen LogP contribution is -2.28. The summed E-state index contributed by atoms with van der Waals surface area (Å²) >= 11 is 1.59. The molecule has 0 saturated heterocycles. The molecular weight excluding hydrogens is 483 g/mol. The van der Waals surface area contributed by atoms with E-state index in [2.05, 4.69) is 5.32 Å². The van der Waals surface area contributed by atoms with Crippen molar-refractivity contribution < 1.29 is 22.7 Å². The van der Waals surface area contributed by atoms with Crippen LogP contribution < -0.4 is 5.32 Å². The van der Waals surface area contributed by atoms with Gasteiger partial charge in [-0.25, -0.2) is 0 Å². The molecule has 4 aromatic rings. The third-order valence-corrected chi connectivity index (χ3v) is 7.30. The zero-order valence-electron chi connectivity index (χ0n) is 20.4. The summed E-state index contributed by atoms with van der Waals surface area (Å²) in [6.07, 6.45) is -3.83. The van der Waals surface area contributed by atoms with E-state index in [-0.39, 0.29) is 12.0 Å². The Labute approximate surface area is 212 Å². The predicted octanol–water partition coefficient (Wildman–Crippen LogP) is 7.64. The fraction of sp³-hybridized carbons (Fsp3) is 0.276. The molecular formula is C29H28F3NO2S. The van der Waals surface area contributed by atoms with Crippen molar-refractivity contribution in [1.82, 2.24) is 5.32 Å². The minimum Gasteiger partial charge on any atom is -0.377 e. The molecule has 7 heteroatoms. The number of amides is 1. The van der Waals surface area contributed by atoms with Crippen LogP contribution in [0.4, 0.5) is 13.2 Å². The van der Waals surface area contributed by atoms with Crippen LogP contribution in [0.1, 0.15) is 45.8 Å². The predicted molar refractivity (Wildman–Crippen MR) is 140 cm³/mol. The first-order chi connectivity index (χ1) is 17.1. The lowest BCUT2D eigenvalue weighted by atomic mass is 9.99. The molecule has 0 bridgehead atoms. The number of carbonyl (C=O) groups excluding carboxylic acids is 1. The molecule has 0 fully saturated rings. The van der Waals surface area contributed by atoms with Crippen molar-refractivity contribution in [3.05, 3.63) is 93.9 Å². The van der Waals surface area contributed by atoms with Crippen LogP contribution in [0.3, 0.4) is 0 Å². The van der Waals surface area contributed by atoms with Crippen molar-refractivity contribution in [2.75, 3.05) is 13.2 Å². The van der Waals surface area contributed by atoms with Crippen LogP contribution in [0, 0.1) is 6.92 Å². The van der Waals surface area contributed by atoms with E-state index in [1.807, 2.05) is 57.2 Å². The van der Waals surface area contributed by atoms with E-state index in [9.17, 15) is 18.0 Å². The number of hydrogen-bond donors (Lipinski definition) is 1. The number of thiophene rings is 1. The van der Waals surface area contributed by atoms with Gasteiger partial charge in [-0.05, 0) is 66.6 Å². The lowest BCUT2D eigenvalue weighted by molar-refractivity contribution is -0.137. The van der Waals surface area contributed by atoms with E-state index in [1.165, 1.54) is 12.1 Å². The summed E-state index contributed by atoms with van der Waals surface area (Å²) in [5.74, 6) is -0.163. The number of ether oxygens (including phenoxy) is 1. The molecule has 0 unspecified atom stereocenters. The van der Waals surface area contributed by atoms with Gasteiger partial charge in [-0.15, -0.1) is 11.3 Å². The topological polar surface area (TPSA) is 38.3 Å². The van der Waals surface area contributed by atoms with Crippen molar-refractivity contribution in [3.8, 4) is 11.1 Å². The molecule has 0 spiro atoms. The van der Waals surface area contributed by atoms with E-state index in [0.717, 1.165) is 37.7 Å². The summed E-state index contributed by atoms with van der Waals surface area (Å²) in [6.45, 7) is 6.78. The van der Waals surface area contributed by atoms with Crippen LogP contribution in [-0.4, -0.2) is 25.2 Å². The molecule has 36 heavy (non-hydrogen) atoms. The van der Waals surface area contributed by atoms with Crippen LogP contribution in [0.2, 0.25) is 0 Å². The monoisotopic (exact) mass is 511 g/mol. The average molecular weight is 512 g/mol. The van der Waals surface area contributed by atoms with E-state index in [4.69, 9.17) is 4.74 Å². The van der Waals surface area contributed by atoms with Gasteiger partial charge in [-0.2, -0.15) is 13.2 Å². The smallest absolute Gasteiger partial charge is 0.377 e. The summed E-state index contributed by atoms with van der Waals surface area (Å²) in [7, 11) is 0. The lowest BCUT2D eigenvalue weighted by Gasteiger charge is -2.10.